The van der Waals surface area contributed by atoms with Crippen LogP contribution in [0, 0.1) is 6.92 Å². The van der Waals surface area contributed by atoms with Gasteiger partial charge in [-0.15, -0.1) is 5.10 Å². The zero-order valence-corrected chi connectivity index (χ0v) is 10.1. The van der Waals surface area contributed by atoms with Gasteiger partial charge in [-0.1, -0.05) is 16.6 Å². The summed E-state index contributed by atoms with van der Waals surface area (Å²) >= 11 is 1.19. The highest BCUT2D eigenvalue weighted by Gasteiger charge is 2.13. The van der Waals surface area contributed by atoms with E-state index in [-0.39, 0.29) is 5.91 Å². The van der Waals surface area contributed by atoms with Crippen molar-refractivity contribution in [2.45, 2.75) is 13.5 Å². The molecule has 17 heavy (non-hydrogen) atoms. The van der Waals surface area contributed by atoms with Gasteiger partial charge >= 0.3 is 0 Å². The smallest absolute Gasteiger partial charge is 0.263 e. The average molecular weight is 252 g/mol. The van der Waals surface area contributed by atoms with E-state index in [2.05, 4.69) is 20.6 Å². The van der Waals surface area contributed by atoms with Crippen molar-refractivity contribution < 1.29 is 4.79 Å². The van der Waals surface area contributed by atoms with Gasteiger partial charge in [-0.3, -0.25) is 9.48 Å². The highest BCUT2D eigenvalue weighted by molar-refractivity contribution is 7.17. The van der Waals surface area contributed by atoms with Crippen LogP contribution in [0.25, 0.3) is 0 Å². The van der Waals surface area contributed by atoms with Gasteiger partial charge in [-0.05, 0) is 6.92 Å². The molecule has 8 heteroatoms. The first kappa shape index (κ1) is 11.5. The molecule has 90 valence electrons. The van der Waals surface area contributed by atoms with Crippen LogP contribution in [0.2, 0.25) is 0 Å². The molecule has 1 amide bonds. The Bertz CT molecular complexity index is 506. The molecule has 0 aliphatic heterocycles. The van der Waals surface area contributed by atoms with Gasteiger partial charge in [0.05, 0.1) is 18.4 Å². The Balaban J connectivity index is 1.87. The number of hydrogen-bond acceptors (Lipinski definition) is 6. The van der Waals surface area contributed by atoms with E-state index < -0.39 is 0 Å². The van der Waals surface area contributed by atoms with Gasteiger partial charge in [-0.2, -0.15) is 0 Å². The van der Waals surface area contributed by atoms with Crippen LogP contribution in [0.3, 0.4) is 0 Å². The van der Waals surface area contributed by atoms with E-state index in [0.717, 1.165) is 0 Å². The Hall–Kier alpha value is -1.96. The number of nitrogens with two attached hydrogens (primary N) is 1. The predicted molar refractivity (Wildman–Crippen MR) is 63.6 cm³/mol. The molecule has 2 aromatic rings. The largest absolute Gasteiger partial charge is 0.375 e. The Morgan fingerprint density at radius 2 is 2.47 bits per heavy atom. The molecule has 2 rings (SSSR count). The van der Waals surface area contributed by atoms with E-state index >= 15 is 0 Å². The lowest BCUT2D eigenvalue weighted by Crippen LogP contribution is -2.27. The van der Waals surface area contributed by atoms with Crippen molar-refractivity contribution in [1.82, 2.24) is 25.3 Å². The van der Waals surface area contributed by atoms with Crippen LogP contribution in [-0.4, -0.2) is 32.4 Å². The van der Waals surface area contributed by atoms with E-state index in [1.807, 2.05) is 0 Å². The molecular weight excluding hydrogens is 240 g/mol. The lowest BCUT2D eigenvalue weighted by Gasteiger charge is -2.03. The van der Waals surface area contributed by atoms with Gasteiger partial charge in [0.1, 0.15) is 4.88 Å². The number of nitrogen functional groups attached to an aromatic ring is 1. The molecule has 0 aliphatic rings. The first-order chi connectivity index (χ1) is 8.16. The molecule has 2 aromatic heterocycles. The number of nitrogens with zero attached hydrogens (tertiary/aromatic N) is 4. The van der Waals surface area contributed by atoms with Crippen LogP contribution in [0.4, 0.5) is 5.13 Å². The quantitative estimate of drug-likeness (QED) is 0.801. The minimum Gasteiger partial charge on any atom is -0.375 e. The molecule has 0 saturated carbocycles. The lowest BCUT2D eigenvalue weighted by atomic mass is 10.4. The third-order valence-corrected chi connectivity index (χ3v) is 3.10. The second kappa shape index (κ2) is 4.91. The minimum atomic E-state index is -0.156. The molecule has 0 unspecified atom stereocenters. The number of nitrogens with one attached hydrogen (secondary N) is 1. The van der Waals surface area contributed by atoms with Crippen molar-refractivity contribution in [3.63, 3.8) is 0 Å². The molecule has 0 aromatic carbocycles. The maximum atomic E-state index is 11.8. The summed E-state index contributed by atoms with van der Waals surface area (Å²) in [5.74, 6) is -0.156. The Labute approximate surface area is 102 Å². The fraction of sp³-hybridized carbons (Fsp3) is 0.333. The van der Waals surface area contributed by atoms with Gasteiger partial charge in [0, 0.05) is 12.7 Å². The highest BCUT2D eigenvalue weighted by Crippen LogP contribution is 2.18. The van der Waals surface area contributed by atoms with Crippen LogP contribution in [0.1, 0.15) is 15.4 Å². The monoisotopic (exact) mass is 252 g/mol. The summed E-state index contributed by atoms with van der Waals surface area (Å²) in [6.07, 6.45) is 3.33. The number of carbonyl (C=O) groups excluding carboxylic acids is 1. The fourth-order valence-corrected chi connectivity index (χ4v) is 2.09. The van der Waals surface area contributed by atoms with Crippen molar-refractivity contribution in [3.8, 4) is 0 Å². The second-order valence-corrected chi connectivity index (χ2v) is 4.42. The summed E-state index contributed by atoms with van der Waals surface area (Å²) < 4.78 is 1.65. The molecule has 0 spiro atoms. The molecule has 0 atom stereocenters. The molecule has 0 saturated heterocycles. The van der Waals surface area contributed by atoms with Crippen LogP contribution >= 0.6 is 11.3 Å². The van der Waals surface area contributed by atoms with Crippen LogP contribution < -0.4 is 11.1 Å². The maximum Gasteiger partial charge on any atom is 0.263 e. The summed E-state index contributed by atoms with van der Waals surface area (Å²) in [6, 6.07) is 0. The normalized spacial score (nSPS) is 10.4. The average Bonchev–Trinajstić information content (AvgIpc) is 2.88. The van der Waals surface area contributed by atoms with Crippen LogP contribution in [-0.2, 0) is 6.54 Å². The summed E-state index contributed by atoms with van der Waals surface area (Å²) in [7, 11) is 0. The molecule has 3 N–H and O–H groups in total. The first-order valence-corrected chi connectivity index (χ1v) is 5.83. The van der Waals surface area contributed by atoms with Crippen molar-refractivity contribution in [3.05, 3.63) is 23.0 Å². The number of thiazole rings is 1. The first-order valence-electron chi connectivity index (χ1n) is 5.02. The Morgan fingerprint density at radius 1 is 1.65 bits per heavy atom. The van der Waals surface area contributed by atoms with Crippen molar-refractivity contribution in [2.75, 3.05) is 12.3 Å². The third kappa shape index (κ3) is 2.78. The number of hydrogen-bond donors (Lipinski definition) is 2. The fourth-order valence-electron chi connectivity index (χ4n) is 1.34. The van der Waals surface area contributed by atoms with Crippen molar-refractivity contribution in [1.29, 1.82) is 0 Å². The van der Waals surface area contributed by atoms with E-state index in [1.54, 1.807) is 24.0 Å². The number of carbonyl (C=O) groups is 1. The number of amides is 1. The van der Waals surface area contributed by atoms with Crippen molar-refractivity contribution >= 4 is 22.4 Å². The number of rotatable bonds is 4. The molecule has 0 fully saturated rings. The van der Waals surface area contributed by atoms with E-state index in [0.29, 0.717) is 28.8 Å². The van der Waals surface area contributed by atoms with Gasteiger partial charge < -0.3 is 11.1 Å². The zero-order valence-electron chi connectivity index (χ0n) is 9.25. The number of aromatic nitrogens is 4. The van der Waals surface area contributed by atoms with E-state index in [9.17, 15) is 4.79 Å². The standard InChI is InChI=1S/C9H12N6OS/c1-6-7(17-9(10)13-6)8(16)11-2-4-15-5-3-12-14-15/h3,5H,2,4H2,1H3,(H2,10,13)(H,11,16). The van der Waals surface area contributed by atoms with Gasteiger partial charge in [0.2, 0.25) is 0 Å². The van der Waals surface area contributed by atoms with Gasteiger partial charge in [0.25, 0.3) is 5.91 Å². The SMILES string of the molecule is Cc1nc(N)sc1C(=O)NCCn1ccnn1. The number of aryl methyl sites for hydroxylation is 1. The third-order valence-electron chi connectivity index (χ3n) is 2.12. The van der Waals surface area contributed by atoms with E-state index in [4.69, 9.17) is 5.73 Å². The molecular formula is C9H12N6OS. The summed E-state index contributed by atoms with van der Waals surface area (Å²) in [5, 5.41) is 10.6. The molecule has 0 radical (unpaired) electrons. The molecule has 0 bridgehead atoms. The van der Waals surface area contributed by atoms with Gasteiger partial charge in [0.15, 0.2) is 5.13 Å². The Morgan fingerprint density at radius 3 is 3.06 bits per heavy atom. The van der Waals surface area contributed by atoms with Crippen LogP contribution in [0.5, 0.6) is 0 Å². The Kier molecular flexibility index (Phi) is 3.33. The van der Waals surface area contributed by atoms with Crippen LogP contribution in [0.15, 0.2) is 12.4 Å². The topological polar surface area (TPSA) is 98.7 Å². The summed E-state index contributed by atoms with van der Waals surface area (Å²) in [5.41, 5.74) is 6.19. The highest BCUT2D eigenvalue weighted by atomic mass is 32.1. The minimum absolute atomic E-state index is 0.156. The van der Waals surface area contributed by atoms with E-state index in [1.165, 1.54) is 11.3 Å². The molecule has 0 aliphatic carbocycles. The second-order valence-electron chi connectivity index (χ2n) is 3.39. The summed E-state index contributed by atoms with van der Waals surface area (Å²) in [6.45, 7) is 2.83. The molecule has 7 nitrogen and oxygen atoms in total. The van der Waals surface area contributed by atoms with Crippen molar-refractivity contribution in [2.24, 2.45) is 0 Å². The summed E-state index contributed by atoms with van der Waals surface area (Å²) in [4.78, 5) is 16.3. The molecule has 2 heterocycles. The maximum absolute atomic E-state index is 11.8. The zero-order chi connectivity index (χ0) is 12.3. The van der Waals surface area contributed by atoms with Gasteiger partial charge in [-0.25, -0.2) is 4.98 Å². The number of anilines is 1. The lowest BCUT2D eigenvalue weighted by molar-refractivity contribution is 0.0955. The predicted octanol–water partition coefficient (Wildman–Crippen LogP) is 0.0552.